The standard InChI is InChI=1S/C18H21N3O3.ClH/c1-22-16-8-13(9-17-18(16)24-12-23-17)11-21-7-6-20-10-15(21)14-2-4-19-5-3-14;/h2-5,8-9,15,20H,6-7,10-12H2,1H3;1H. The van der Waals surface area contributed by atoms with Crippen molar-refractivity contribution in [2.45, 2.75) is 12.6 Å². The molecule has 2 aliphatic heterocycles. The van der Waals surface area contributed by atoms with Gasteiger partial charge in [0, 0.05) is 44.6 Å². The third kappa shape index (κ3) is 3.66. The molecule has 4 rings (SSSR count). The zero-order valence-electron chi connectivity index (χ0n) is 14.1. The molecule has 0 radical (unpaired) electrons. The minimum Gasteiger partial charge on any atom is -0.493 e. The summed E-state index contributed by atoms with van der Waals surface area (Å²) in [6.07, 6.45) is 3.71. The molecule has 3 heterocycles. The van der Waals surface area contributed by atoms with Crippen molar-refractivity contribution in [1.29, 1.82) is 0 Å². The fourth-order valence-corrected chi connectivity index (χ4v) is 3.36. The number of pyridine rings is 1. The number of hydrogen-bond acceptors (Lipinski definition) is 6. The van der Waals surface area contributed by atoms with Gasteiger partial charge in [0.1, 0.15) is 0 Å². The Hall–Kier alpha value is -2.02. The predicted molar refractivity (Wildman–Crippen MR) is 96.6 cm³/mol. The van der Waals surface area contributed by atoms with Gasteiger partial charge in [0.2, 0.25) is 12.5 Å². The molecular formula is C18H22ClN3O3. The van der Waals surface area contributed by atoms with Crippen molar-refractivity contribution in [1.82, 2.24) is 15.2 Å². The van der Waals surface area contributed by atoms with Gasteiger partial charge in [0.15, 0.2) is 11.5 Å². The van der Waals surface area contributed by atoms with Gasteiger partial charge in [-0.3, -0.25) is 9.88 Å². The van der Waals surface area contributed by atoms with E-state index in [0.717, 1.165) is 43.2 Å². The average Bonchev–Trinajstić information content (AvgIpc) is 3.11. The van der Waals surface area contributed by atoms with Crippen LogP contribution in [0.1, 0.15) is 17.2 Å². The molecular weight excluding hydrogens is 342 g/mol. The number of aromatic nitrogens is 1. The van der Waals surface area contributed by atoms with Crippen molar-refractivity contribution in [3.05, 3.63) is 47.8 Å². The smallest absolute Gasteiger partial charge is 0.231 e. The van der Waals surface area contributed by atoms with Gasteiger partial charge >= 0.3 is 0 Å². The summed E-state index contributed by atoms with van der Waals surface area (Å²) < 4.78 is 16.5. The number of nitrogens with one attached hydrogen (secondary N) is 1. The Labute approximate surface area is 153 Å². The van der Waals surface area contributed by atoms with Crippen LogP contribution in [0.15, 0.2) is 36.7 Å². The molecule has 2 aliphatic rings. The number of rotatable bonds is 4. The van der Waals surface area contributed by atoms with Crippen LogP contribution in [0.3, 0.4) is 0 Å². The topological polar surface area (TPSA) is 55.9 Å². The van der Waals surface area contributed by atoms with Crippen molar-refractivity contribution < 1.29 is 14.2 Å². The van der Waals surface area contributed by atoms with E-state index < -0.39 is 0 Å². The first kappa shape index (κ1) is 17.8. The van der Waals surface area contributed by atoms with Crippen LogP contribution in [0.5, 0.6) is 17.2 Å². The van der Waals surface area contributed by atoms with Crippen LogP contribution < -0.4 is 19.5 Å². The average molecular weight is 364 g/mol. The lowest BCUT2D eigenvalue weighted by molar-refractivity contribution is 0.153. The number of fused-ring (bicyclic) bond motifs is 1. The number of benzene rings is 1. The summed E-state index contributed by atoms with van der Waals surface area (Å²) in [4.78, 5) is 6.60. The zero-order valence-corrected chi connectivity index (χ0v) is 14.9. The first-order chi connectivity index (χ1) is 11.8. The minimum atomic E-state index is 0. The molecule has 134 valence electrons. The Morgan fingerprint density at radius 3 is 2.92 bits per heavy atom. The maximum atomic E-state index is 5.54. The van der Waals surface area contributed by atoms with Gasteiger partial charge in [-0.2, -0.15) is 0 Å². The van der Waals surface area contributed by atoms with Crippen molar-refractivity contribution in [3.8, 4) is 17.2 Å². The van der Waals surface area contributed by atoms with Gasteiger partial charge in [-0.05, 0) is 35.4 Å². The second-order valence-electron chi connectivity index (χ2n) is 6.00. The first-order valence-electron chi connectivity index (χ1n) is 8.16. The predicted octanol–water partition coefficient (Wildman–Crippen LogP) is 2.39. The van der Waals surface area contributed by atoms with Crippen LogP contribution in [0.25, 0.3) is 0 Å². The maximum absolute atomic E-state index is 5.54. The molecule has 0 amide bonds. The van der Waals surface area contributed by atoms with Gasteiger partial charge in [-0.25, -0.2) is 0 Å². The van der Waals surface area contributed by atoms with Gasteiger partial charge in [-0.15, -0.1) is 12.4 Å². The lowest BCUT2D eigenvalue weighted by atomic mass is 10.0. The van der Waals surface area contributed by atoms with Gasteiger partial charge in [0.25, 0.3) is 0 Å². The molecule has 25 heavy (non-hydrogen) atoms. The van der Waals surface area contributed by atoms with Crippen molar-refractivity contribution >= 4 is 12.4 Å². The van der Waals surface area contributed by atoms with Crippen LogP contribution in [0.2, 0.25) is 0 Å². The Balaban J connectivity index is 0.00000182. The summed E-state index contributed by atoms with van der Waals surface area (Å²) in [5.41, 5.74) is 2.45. The largest absolute Gasteiger partial charge is 0.493 e. The Bertz CT molecular complexity index is 714. The lowest BCUT2D eigenvalue weighted by Crippen LogP contribution is -2.45. The molecule has 1 unspecified atom stereocenters. The summed E-state index contributed by atoms with van der Waals surface area (Å²) in [5, 5.41) is 3.48. The molecule has 6 nitrogen and oxygen atoms in total. The van der Waals surface area contributed by atoms with Crippen LogP contribution >= 0.6 is 12.4 Å². The quantitative estimate of drug-likeness (QED) is 0.900. The molecule has 1 aromatic heterocycles. The summed E-state index contributed by atoms with van der Waals surface area (Å²) >= 11 is 0. The monoisotopic (exact) mass is 363 g/mol. The second-order valence-corrected chi connectivity index (χ2v) is 6.00. The van der Waals surface area contributed by atoms with E-state index in [1.807, 2.05) is 18.5 Å². The summed E-state index contributed by atoms with van der Waals surface area (Å²) in [7, 11) is 1.66. The SMILES string of the molecule is COc1cc(CN2CCNCC2c2ccncc2)cc2c1OCO2.Cl. The molecule has 1 fully saturated rings. The first-order valence-corrected chi connectivity index (χ1v) is 8.16. The van der Waals surface area contributed by atoms with Crippen LogP contribution in [0, 0.1) is 0 Å². The van der Waals surface area contributed by atoms with E-state index in [9.17, 15) is 0 Å². The molecule has 0 aliphatic carbocycles. The molecule has 1 atom stereocenters. The molecule has 0 bridgehead atoms. The Morgan fingerprint density at radius 1 is 1.28 bits per heavy atom. The van der Waals surface area contributed by atoms with E-state index in [-0.39, 0.29) is 19.2 Å². The minimum absolute atomic E-state index is 0. The van der Waals surface area contributed by atoms with Crippen LogP contribution in [0.4, 0.5) is 0 Å². The third-order valence-electron chi connectivity index (χ3n) is 4.55. The number of methoxy groups -OCH3 is 1. The van der Waals surface area contributed by atoms with E-state index >= 15 is 0 Å². The van der Waals surface area contributed by atoms with Gasteiger partial charge in [0.05, 0.1) is 7.11 Å². The number of ether oxygens (including phenoxy) is 3. The van der Waals surface area contributed by atoms with Crippen molar-refractivity contribution in [3.63, 3.8) is 0 Å². The molecule has 1 aromatic carbocycles. The molecule has 2 aromatic rings. The normalized spacial score (nSPS) is 19.3. The Morgan fingerprint density at radius 2 is 2.12 bits per heavy atom. The molecule has 0 saturated carbocycles. The van der Waals surface area contributed by atoms with Gasteiger partial charge < -0.3 is 19.5 Å². The zero-order chi connectivity index (χ0) is 16.4. The maximum Gasteiger partial charge on any atom is 0.231 e. The van der Waals surface area contributed by atoms with E-state index in [0.29, 0.717) is 11.8 Å². The highest BCUT2D eigenvalue weighted by Crippen LogP contribution is 2.42. The Kier molecular flexibility index (Phi) is 5.63. The molecule has 1 N–H and O–H groups in total. The summed E-state index contributed by atoms with van der Waals surface area (Å²) in [6.45, 7) is 4.00. The van der Waals surface area contributed by atoms with Crippen molar-refractivity contribution in [2.75, 3.05) is 33.5 Å². The highest BCUT2D eigenvalue weighted by Gasteiger charge is 2.26. The van der Waals surface area contributed by atoms with Crippen LogP contribution in [-0.2, 0) is 6.54 Å². The fourth-order valence-electron chi connectivity index (χ4n) is 3.36. The van der Waals surface area contributed by atoms with Crippen molar-refractivity contribution in [2.24, 2.45) is 0 Å². The number of piperazine rings is 1. The second kappa shape index (κ2) is 7.91. The third-order valence-corrected chi connectivity index (χ3v) is 4.55. The highest BCUT2D eigenvalue weighted by molar-refractivity contribution is 5.85. The lowest BCUT2D eigenvalue weighted by Gasteiger charge is -2.36. The molecule has 1 saturated heterocycles. The number of nitrogens with zero attached hydrogens (tertiary/aromatic N) is 2. The van der Waals surface area contributed by atoms with E-state index in [1.165, 1.54) is 5.56 Å². The summed E-state index contributed by atoms with van der Waals surface area (Å²) in [5.74, 6) is 2.20. The van der Waals surface area contributed by atoms with E-state index in [1.54, 1.807) is 7.11 Å². The van der Waals surface area contributed by atoms with E-state index in [2.05, 4.69) is 33.4 Å². The molecule has 7 heteroatoms. The highest BCUT2D eigenvalue weighted by atomic mass is 35.5. The molecule has 0 spiro atoms. The van der Waals surface area contributed by atoms with E-state index in [4.69, 9.17) is 14.2 Å². The van der Waals surface area contributed by atoms with Crippen LogP contribution in [-0.4, -0.2) is 43.4 Å². The number of hydrogen-bond donors (Lipinski definition) is 1. The fraction of sp³-hybridized carbons (Fsp3) is 0.389. The van der Waals surface area contributed by atoms with Gasteiger partial charge in [-0.1, -0.05) is 0 Å². The number of halogens is 1. The summed E-state index contributed by atoms with van der Waals surface area (Å²) in [6, 6.07) is 8.60.